The zero-order valence-electron chi connectivity index (χ0n) is 14.5. The molecule has 0 aliphatic rings. The van der Waals surface area contributed by atoms with Crippen LogP contribution in [0, 0.1) is 6.92 Å². The molecule has 0 aliphatic carbocycles. The van der Waals surface area contributed by atoms with Gasteiger partial charge in [-0.3, -0.25) is 9.78 Å². The number of hydrogen-bond donors (Lipinski definition) is 0. The van der Waals surface area contributed by atoms with E-state index in [0.717, 1.165) is 12.0 Å². The second-order valence-corrected chi connectivity index (χ2v) is 5.88. The number of aromatic nitrogens is 1. The fourth-order valence-electron chi connectivity index (χ4n) is 2.46. The quantitative estimate of drug-likeness (QED) is 0.693. The summed E-state index contributed by atoms with van der Waals surface area (Å²) >= 11 is 0. The highest BCUT2D eigenvalue weighted by molar-refractivity contribution is 5.94. The summed E-state index contributed by atoms with van der Waals surface area (Å²) in [7, 11) is 1.67. The fourth-order valence-corrected chi connectivity index (χ4v) is 2.46. The Morgan fingerprint density at radius 3 is 2.41 bits per heavy atom. The Kier molecular flexibility index (Phi) is 7.32. The smallest absolute Gasteiger partial charge is 0.273 e. The first-order chi connectivity index (χ1) is 10.4. The van der Waals surface area contributed by atoms with E-state index >= 15 is 0 Å². The van der Waals surface area contributed by atoms with E-state index in [-0.39, 0.29) is 18.0 Å². The molecular formula is C17H28N2O3. The van der Waals surface area contributed by atoms with Gasteiger partial charge >= 0.3 is 0 Å². The van der Waals surface area contributed by atoms with Gasteiger partial charge in [-0.25, -0.2) is 0 Å². The highest BCUT2D eigenvalue weighted by atomic mass is 16.5. The van der Waals surface area contributed by atoms with E-state index in [1.807, 2.05) is 39.5 Å². The van der Waals surface area contributed by atoms with E-state index in [0.29, 0.717) is 24.7 Å². The van der Waals surface area contributed by atoms with Gasteiger partial charge in [0.05, 0.1) is 6.61 Å². The van der Waals surface area contributed by atoms with Crippen molar-refractivity contribution >= 4 is 5.91 Å². The molecule has 1 amide bonds. The summed E-state index contributed by atoms with van der Waals surface area (Å²) in [4.78, 5) is 18.9. The van der Waals surface area contributed by atoms with Crippen LogP contribution >= 0.6 is 0 Å². The van der Waals surface area contributed by atoms with E-state index < -0.39 is 0 Å². The summed E-state index contributed by atoms with van der Waals surface area (Å²) in [6.07, 6.45) is 2.44. The molecule has 0 unspecified atom stereocenters. The summed E-state index contributed by atoms with van der Waals surface area (Å²) in [6.45, 7) is 11.1. The van der Waals surface area contributed by atoms with Crippen LogP contribution in [0.3, 0.4) is 0 Å². The van der Waals surface area contributed by atoms with E-state index in [2.05, 4.69) is 4.98 Å². The maximum Gasteiger partial charge on any atom is 0.273 e. The molecule has 124 valence electrons. The molecule has 0 radical (unpaired) electrons. The number of carbonyl (C=O) groups is 1. The molecule has 0 saturated carbocycles. The van der Waals surface area contributed by atoms with Crippen molar-refractivity contribution in [2.24, 2.45) is 0 Å². The van der Waals surface area contributed by atoms with E-state index in [4.69, 9.17) is 9.47 Å². The summed E-state index contributed by atoms with van der Waals surface area (Å²) in [6, 6.07) is 2.05. The minimum Gasteiger partial charge on any atom is -0.493 e. The minimum atomic E-state index is -0.0511. The molecule has 1 rings (SSSR count). The molecule has 1 aromatic rings. The third-order valence-corrected chi connectivity index (χ3v) is 3.45. The Morgan fingerprint density at radius 1 is 1.23 bits per heavy atom. The first-order valence-electron chi connectivity index (χ1n) is 7.80. The van der Waals surface area contributed by atoms with Gasteiger partial charge in [0.25, 0.3) is 5.91 Å². The van der Waals surface area contributed by atoms with E-state index in [9.17, 15) is 4.79 Å². The normalized spacial score (nSPS) is 11.1. The summed E-state index contributed by atoms with van der Waals surface area (Å²) in [5, 5.41) is 0. The molecule has 1 aromatic heterocycles. The maximum absolute atomic E-state index is 12.8. The summed E-state index contributed by atoms with van der Waals surface area (Å²) in [5.41, 5.74) is 1.25. The second-order valence-electron chi connectivity index (χ2n) is 5.88. The molecule has 0 aromatic carbocycles. The number of ether oxygens (including phenoxy) is 2. The highest BCUT2D eigenvalue weighted by Crippen LogP contribution is 2.22. The third-order valence-electron chi connectivity index (χ3n) is 3.45. The van der Waals surface area contributed by atoms with Crippen LogP contribution in [0.25, 0.3) is 0 Å². The Labute approximate surface area is 133 Å². The Balaban J connectivity index is 2.93. The van der Waals surface area contributed by atoms with Crippen LogP contribution in [0.1, 0.15) is 50.2 Å². The standard InChI is InChI=1S/C17H28N2O3/c1-12(2)19(13(3)4)17(20)16-14(5)15(8-9-18-16)22-11-7-10-21-6/h8-9,12-13H,7,10-11H2,1-6H3. The van der Waals surface area contributed by atoms with Gasteiger partial charge in [-0.1, -0.05) is 0 Å². The SMILES string of the molecule is COCCCOc1ccnc(C(=O)N(C(C)C)C(C)C)c1C. The van der Waals surface area contributed by atoms with Crippen LogP contribution in [0.4, 0.5) is 0 Å². The first kappa shape index (κ1) is 18.4. The van der Waals surface area contributed by atoms with Crippen molar-refractivity contribution in [2.45, 2.75) is 53.1 Å². The van der Waals surface area contributed by atoms with Crippen molar-refractivity contribution < 1.29 is 14.3 Å². The maximum atomic E-state index is 12.8. The summed E-state index contributed by atoms with van der Waals surface area (Å²) < 4.78 is 10.7. The molecule has 5 heteroatoms. The monoisotopic (exact) mass is 308 g/mol. The lowest BCUT2D eigenvalue weighted by atomic mass is 10.1. The minimum absolute atomic E-state index is 0.0511. The van der Waals surface area contributed by atoms with Gasteiger partial charge in [0.15, 0.2) is 0 Å². The van der Waals surface area contributed by atoms with Gasteiger partial charge in [-0.05, 0) is 40.7 Å². The van der Waals surface area contributed by atoms with Crippen LogP contribution in [-0.2, 0) is 4.74 Å². The lowest BCUT2D eigenvalue weighted by molar-refractivity contribution is 0.0636. The Hall–Kier alpha value is -1.62. The lowest BCUT2D eigenvalue weighted by Gasteiger charge is -2.31. The first-order valence-corrected chi connectivity index (χ1v) is 7.80. The molecule has 0 spiro atoms. The van der Waals surface area contributed by atoms with Crippen molar-refractivity contribution in [1.82, 2.24) is 9.88 Å². The van der Waals surface area contributed by atoms with Crippen LogP contribution in [0.5, 0.6) is 5.75 Å². The molecule has 1 heterocycles. The number of carbonyl (C=O) groups excluding carboxylic acids is 1. The van der Waals surface area contributed by atoms with E-state index in [1.165, 1.54) is 0 Å². The van der Waals surface area contributed by atoms with Crippen molar-refractivity contribution in [3.05, 3.63) is 23.5 Å². The molecule has 0 saturated heterocycles. The number of nitrogens with zero attached hydrogens (tertiary/aromatic N) is 2. The van der Waals surface area contributed by atoms with Crippen molar-refractivity contribution in [2.75, 3.05) is 20.3 Å². The number of amides is 1. The number of hydrogen-bond acceptors (Lipinski definition) is 4. The molecular weight excluding hydrogens is 280 g/mol. The molecule has 22 heavy (non-hydrogen) atoms. The predicted molar refractivity (Wildman–Crippen MR) is 87.4 cm³/mol. The molecule has 0 atom stereocenters. The van der Waals surface area contributed by atoms with Crippen molar-refractivity contribution in [1.29, 1.82) is 0 Å². The number of methoxy groups -OCH3 is 1. The predicted octanol–water partition coefficient (Wildman–Crippen LogP) is 3.06. The topological polar surface area (TPSA) is 51.7 Å². The zero-order chi connectivity index (χ0) is 16.7. The van der Waals surface area contributed by atoms with Crippen LogP contribution in [-0.4, -0.2) is 48.2 Å². The second kappa shape index (κ2) is 8.73. The molecule has 5 nitrogen and oxygen atoms in total. The van der Waals surface area contributed by atoms with Gasteiger partial charge in [-0.15, -0.1) is 0 Å². The van der Waals surface area contributed by atoms with Gasteiger partial charge in [0.1, 0.15) is 11.4 Å². The Morgan fingerprint density at radius 2 is 1.86 bits per heavy atom. The summed E-state index contributed by atoms with van der Waals surface area (Å²) in [5.74, 6) is 0.659. The molecule has 0 aliphatic heterocycles. The zero-order valence-corrected chi connectivity index (χ0v) is 14.5. The Bertz CT molecular complexity index is 479. The third kappa shape index (κ3) is 4.70. The van der Waals surface area contributed by atoms with Crippen molar-refractivity contribution in [3.63, 3.8) is 0 Å². The van der Waals surface area contributed by atoms with Crippen molar-refractivity contribution in [3.8, 4) is 5.75 Å². The van der Waals surface area contributed by atoms with Gasteiger partial charge in [0.2, 0.25) is 0 Å². The number of pyridine rings is 1. The molecule has 0 fully saturated rings. The average Bonchev–Trinajstić information content (AvgIpc) is 2.44. The lowest BCUT2D eigenvalue weighted by Crippen LogP contribution is -2.42. The molecule has 0 bridgehead atoms. The van der Waals surface area contributed by atoms with Gasteiger partial charge < -0.3 is 14.4 Å². The van der Waals surface area contributed by atoms with Gasteiger partial charge in [0, 0.05) is 44.0 Å². The highest BCUT2D eigenvalue weighted by Gasteiger charge is 2.25. The fraction of sp³-hybridized carbons (Fsp3) is 0.647. The van der Waals surface area contributed by atoms with Crippen LogP contribution in [0.15, 0.2) is 12.3 Å². The average molecular weight is 308 g/mol. The van der Waals surface area contributed by atoms with Crippen LogP contribution < -0.4 is 4.74 Å². The number of rotatable bonds is 8. The van der Waals surface area contributed by atoms with Gasteiger partial charge in [-0.2, -0.15) is 0 Å². The van der Waals surface area contributed by atoms with Crippen LogP contribution in [0.2, 0.25) is 0 Å². The molecule has 0 N–H and O–H groups in total. The van der Waals surface area contributed by atoms with E-state index in [1.54, 1.807) is 19.4 Å². The largest absolute Gasteiger partial charge is 0.493 e.